The van der Waals surface area contributed by atoms with Crippen molar-refractivity contribution >= 4 is 11.0 Å². The summed E-state index contributed by atoms with van der Waals surface area (Å²) in [4.78, 5) is 11.1. The lowest BCUT2D eigenvalue weighted by Crippen LogP contribution is -2.12. The van der Waals surface area contributed by atoms with Gasteiger partial charge in [-0.25, -0.2) is 4.79 Å². The highest BCUT2D eigenvalue weighted by atomic mass is 16.5. The van der Waals surface area contributed by atoms with Crippen LogP contribution >= 0.6 is 0 Å². The van der Waals surface area contributed by atoms with Crippen LogP contribution in [0.25, 0.3) is 11.0 Å². The first-order valence-corrected chi connectivity index (χ1v) is 5.46. The Hall–Kier alpha value is -1.81. The summed E-state index contributed by atoms with van der Waals surface area (Å²) in [6.45, 7) is 2.41. The van der Waals surface area contributed by atoms with Gasteiger partial charge in [0.25, 0.3) is 0 Å². The van der Waals surface area contributed by atoms with Crippen LogP contribution in [0.5, 0.6) is 5.75 Å². The minimum absolute atomic E-state index is 0.0773. The predicted molar refractivity (Wildman–Crippen MR) is 64.2 cm³/mol. The molecule has 4 heteroatoms. The minimum atomic E-state index is -0.377. The van der Waals surface area contributed by atoms with Crippen LogP contribution in [0.15, 0.2) is 39.5 Å². The molecule has 0 aliphatic carbocycles. The number of ether oxygens (including phenoxy) is 1. The second kappa shape index (κ2) is 5.01. The smallest absolute Gasteiger partial charge is 0.336 e. The Bertz CT molecular complexity index is 559. The van der Waals surface area contributed by atoms with Crippen molar-refractivity contribution in [2.24, 2.45) is 5.92 Å². The van der Waals surface area contributed by atoms with Gasteiger partial charge < -0.3 is 14.3 Å². The molecular weight excluding hydrogens is 220 g/mol. The Morgan fingerprint density at radius 1 is 1.35 bits per heavy atom. The van der Waals surface area contributed by atoms with Crippen molar-refractivity contribution in [2.45, 2.75) is 6.92 Å². The molecule has 1 heterocycles. The third-order valence-electron chi connectivity index (χ3n) is 2.44. The normalized spacial score (nSPS) is 12.6. The Morgan fingerprint density at radius 3 is 2.88 bits per heavy atom. The van der Waals surface area contributed by atoms with Crippen LogP contribution in [0.2, 0.25) is 0 Å². The second-order valence-corrected chi connectivity index (χ2v) is 4.05. The fraction of sp³-hybridized carbons (Fsp3) is 0.308. The molecule has 0 aliphatic rings. The van der Waals surface area contributed by atoms with E-state index in [9.17, 15) is 4.79 Å². The lowest BCUT2D eigenvalue weighted by molar-refractivity contribution is 0.174. The zero-order valence-electron chi connectivity index (χ0n) is 9.55. The lowest BCUT2D eigenvalue weighted by Gasteiger charge is -2.10. The van der Waals surface area contributed by atoms with Crippen molar-refractivity contribution < 1.29 is 14.3 Å². The minimum Gasteiger partial charge on any atom is -0.493 e. The summed E-state index contributed by atoms with van der Waals surface area (Å²) in [6.07, 6.45) is 0. The van der Waals surface area contributed by atoms with Crippen molar-refractivity contribution in [1.29, 1.82) is 0 Å². The molecule has 2 aromatic rings. The summed E-state index contributed by atoms with van der Waals surface area (Å²) in [6, 6.07) is 8.42. The lowest BCUT2D eigenvalue weighted by atomic mass is 10.2. The summed E-state index contributed by atoms with van der Waals surface area (Å²) in [7, 11) is 0. The van der Waals surface area contributed by atoms with Crippen LogP contribution in [-0.4, -0.2) is 18.3 Å². The first-order valence-electron chi connectivity index (χ1n) is 5.46. The SMILES string of the molecule is C[C@@H](CO)COc1ccc2ccc(=O)oc2c1. The van der Waals surface area contributed by atoms with E-state index in [4.69, 9.17) is 14.3 Å². The van der Waals surface area contributed by atoms with Gasteiger partial charge in [-0.15, -0.1) is 0 Å². The number of hydrogen-bond donors (Lipinski definition) is 1. The molecule has 0 spiro atoms. The molecule has 0 aliphatic heterocycles. The van der Waals surface area contributed by atoms with Gasteiger partial charge in [-0.3, -0.25) is 0 Å². The van der Waals surface area contributed by atoms with Gasteiger partial charge in [-0.1, -0.05) is 6.92 Å². The zero-order valence-corrected chi connectivity index (χ0v) is 9.55. The van der Waals surface area contributed by atoms with E-state index in [-0.39, 0.29) is 18.2 Å². The monoisotopic (exact) mass is 234 g/mol. The molecule has 90 valence electrons. The Labute approximate surface area is 98.4 Å². The molecule has 2 rings (SSSR count). The molecule has 4 nitrogen and oxygen atoms in total. The molecule has 0 bridgehead atoms. The number of rotatable bonds is 4. The molecule has 0 amide bonds. The van der Waals surface area contributed by atoms with Crippen molar-refractivity contribution in [2.75, 3.05) is 13.2 Å². The van der Waals surface area contributed by atoms with Crippen molar-refractivity contribution in [1.82, 2.24) is 0 Å². The number of fused-ring (bicyclic) bond motifs is 1. The summed E-state index contributed by atoms with van der Waals surface area (Å²) in [5.41, 5.74) is 0.130. The van der Waals surface area contributed by atoms with E-state index >= 15 is 0 Å². The second-order valence-electron chi connectivity index (χ2n) is 4.05. The van der Waals surface area contributed by atoms with Crippen LogP contribution < -0.4 is 10.4 Å². The number of aliphatic hydroxyl groups is 1. The predicted octanol–water partition coefficient (Wildman–Crippen LogP) is 1.80. The van der Waals surface area contributed by atoms with Crippen LogP contribution in [0.1, 0.15) is 6.92 Å². The molecular formula is C13H14O4. The Morgan fingerprint density at radius 2 is 2.12 bits per heavy atom. The van der Waals surface area contributed by atoms with E-state index < -0.39 is 0 Å². The first-order chi connectivity index (χ1) is 8.19. The molecule has 0 radical (unpaired) electrons. The highest BCUT2D eigenvalue weighted by Gasteiger charge is 2.03. The van der Waals surface area contributed by atoms with Crippen LogP contribution in [0, 0.1) is 5.92 Å². The molecule has 1 N–H and O–H groups in total. The maximum atomic E-state index is 11.1. The molecule has 1 atom stereocenters. The topological polar surface area (TPSA) is 59.7 Å². The van der Waals surface area contributed by atoms with E-state index in [1.807, 2.05) is 19.1 Å². The molecule has 1 aromatic carbocycles. The summed E-state index contributed by atoms with van der Waals surface area (Å²) in [5, 5.41) is 9.73. The van der Waals surface area contributed by atoms with Gasteiger partial charge in [0.05, 0.1) is 6.61 Å². The maximum absolute atomic E-state index is 11.1. The van der Waals surface area contributed by atoms with Gasteiger partial charge in [0, 0.05) is 30.0 Å². The molecule has 0 unspecified atom stereocenters. The van der Waals surface area contributed by atoms with Crippen LogP contribution in [0.4, 0.5) is 0 Å². The highest BCUT2D eigenvalue weighted by Crippen LogP contribution is 2.19. The highest BCUT2D eigenvalue weighted by molar-refractivity contribution is 5.77. The average Bonchev–Trinajstić information content (AvgIpc) is 2.35. The summed E-state index contributed by atoms with van der Waals surface area (Å²) in [5.74, 6) is 0.709. The van der Waals surface area contributed by atoms with Crippen LogP contribution in [-0.2, 0) is 0 Å². The third kappa shape index (κ3) is 2.85. The number of aliphatic hydroxyl groups excluding tert-OH is 1. The fourth-order valence-corrected chi connectivity index (χ4v) is 1.42. The van der Waals surface area contributed by atoms with Gasteiger partial charge in [-0.05, 0) is 18.2 Å². The van der Waals surface area contributed by atoms with Crippen molar-refractivity contribution in [3.63, 3.8) is 0 Å². The van der Waals surface area contributed by atoms with E-state index in [2.05, 4.69) is 0 Å². The molecule has 1 aromatic heterocycles. The van der Waals surface area contributed by atoms with Crippen molar-refractivity contribution in [3.8, 4) is 5.75 Å². The molecule has 0 fully saturated rings. The van der Waals surface area contributed by atoms with E-state index in [1.54, 1.807) is 12.1 Å². The zero-order chi connectivity index (χ0) is 12.3. The number of hydrogen-bond acceptors (Lipinski definition) is 4. The van der Waals surface area contributed by atoms with Gasteiger partial charge in [0.2, 0.25) is 0 Å². The largest absolute Gasteiger partial charge is 0.493 e. The van der Waals surface area contributed by atoms with Crippen LogP contribution in [0.3, 0.4) is 0 Å². The summed E-state index contributed by atoms with van der Waals surface area (Å²) < 4.78 is 10.5. The quantitative estimate of drug-likeness (QED) is 0.819. The van der Waals surface area contributed by atoms with Gasteiger partial charge in [0.15, 0.2) is 0 Å². The van der Waals surface area contributed by atoms with E-state index in [0.717, 1.165) is 5.39 Å². The Balaban J connectivity index is 2.22. The maximum Gasteiger partial charge on any atom is 0.336 e. The Kier molecular flexibility index (Phi) is 3.44. The standard InChI is InChI=1S/C13H14O4/c1-9(7-14)8-16-11-4-2-10-3-5-13(15)17-12(10)6-11/h2-6,9,14H,7-8H2,1H3/t9-/m0/s1. The van der Waals surface area contributed by atoms with E-state index in [0.29, 0.717) is 17.9 Å². The van der Waals surface area contributed by atoms with Gasteiger partial charge in [-0.2, -0.15) is 0 Å². The third-order valence-corrected chi connectivity index (χ3v) is 2.44. The molecule has 0 saturated carbocycles. The van der Waals surface area contributed by atoms with Gasteiger partial charge in [0.1, 0.15) is 11.3 Å². The summed E-state index contributed by atoms with van der Waals surface area (Å²) >= 11 is 0. The van der Waals surface area contributed by atoms with E-state index in [1.165, 1.54) is 6.07 Å². The van der Waals surface area contributed by atoms with Crippen molar-refractivity contribution in [3.05, 3.63) is 40.8 Å². The average molecular weight is 234 g/mol. The molecule has 0 saturated heterocycles. The van der Waals surface area contributed by atoms with Gasteiger partial charge >= 0.3 is 5.63 Å². The first kappa shape index (κ1) is 11.7. The number of benzene rings is 1. The molecule has 17 heavy (non-hydrogen) atoms. The fourth-order valence-electron chi connectivity index (χ4n) is 1.42.